The van der Waals surface area contributed by atoms with Gasteiger partial charge in [-0.25, -0.2) is 5.06 Å². The summed E-state index contributed by atoms with van der Waals surface area (Å²) in [7, 11) is 0. The van der Waals surface area contributed by atoms with Crippen molar-refractivity contribution >= 4 is 5.91 Å². The van der Waals surface area contributed by atoms with Crippen LogP contribution in [0, 0.1) is 5.92 Å². The van der Waals surface area contributed by atoms with Crippen molar-refractivity contribution in [3.63, 3.8) is 0 Å². The summed E-state index contributed by atoms with van der Waals surface area (Å²) >= 11 is 0. The van der Waals surface area contributed by atoms with Gasteiger partial charge in [0, 0.05) is 6.42 Å². The van der Waals surface area contributed by atoms with Gasteiger partial charge in [-0.05, 0) is 17.9 Å². The van der Waals surface area contributed by atoms with Crippen molar-refractivity contribution in [2.75, 3.05) is 6.54 Å². The molecule has 0 radical (unpaired) electrons. The quantitative estimate of drug-likeness (QED) is 0.529. The van der Waals surface area contributed by atoms with Crippen molar-refractivity contribution in [2.45, 2.75) is 33.3 Å². The van der Waals surface area contributed by atoms with Crippen LogP contribution in [-0.4, -0.2) is 17.5 Å². The van der Waals surface area contributed by atoms with E-state index in [-0.39, 0.29) is 5.91 Å². The van der Waals surface area contributed by atoms with Gasteiger partial charge in [0.1, 0.15) is 6.61 Å². The average Bonchev–Trinajstić information content (AvgIpc) is 2.42. The lowest BCUT2D eigenvalue weighted by atomic mass is 10.1. The zero-order valence-electron chi connectivity index (χ0n) is 11.8. The first-order chi connectivity index (χ1) is 9.13. The Morgan fingerprint density at radius 3 is 2.63 bits per heavy atom. The number of rotatable bonds is 8. The maximum absolute atomic E-state index is 12.0. The summed E-state index contributed by atoms with van der Waals surface area (Å²) in [4.78, 5) is 17.6. The molecule has 0 N–H and O–H groups in total. The topological polar surface area (TPSA) is 29.5 Å². The summed E-state index contributed by atoms with van der Waals surface area (Å²) in [5.74, 6) is 0.535. The SMILES string of the molecule is C=CCN(OCc1ccccc1)C(=O)CCC(C)C. The predicted molar refractivity (Wildman–Crippen MR) is 77.2 cm³/mol. The van der Waals surface area contributed by atoms with Crippen LogP contribution >= 0.6 is 0 Å². The fraction of sp³-hybridized carbons (Fsp3) is 0.438. The van der Waals surface area contributed by atoms with Gasteiger partial charge in [-0.2, -0.15) is 0 Å². The first-order valence-electron chi connectivity index (χ1n) is 6.71. The van der Waals surface area contributed by atoms with E-state index in [1.807, 2.05) is 30.3 Å². The van der Waals surface area contributed by atoms with Gasteiger partial charge < -0.3 is 0 Å². The lowest BCUT2D eigenvalue weighted by Gasteiger charge is -2.21. The molecule has 0 spiro atoms. The molecule has 0 aliphatic carbocycles. The van der Waals surface area contributed by atoms with E-state index in [4.69, 9.17) is 4.84 Å². The van der Waals surface area contributed by atoms with Gasteiger partial charge in [0.05, 0.1) is 6.54 Å². The van der Waals surface area contributed by atoms with Gasteiger partial charge >= 0.3 is 0 Å². The van der Waals surface area contributed by atoms with Crippen molar-refractivity contribution in [3.05, 3.63) is 48.6 Å². The number of hydrogen-bond donors (Lipinski definition) is 0. The summed E-state index contributed by atoms with van der Waals surface area (Å²) in [5.41, 5.74) is 1.05. The smallest absolute Gasteiger partial charge is 0.246 e. The zero-order valence-corrected chi connectivity index (χ0v) is 11.8. The van der Waals surface area contributed by atoms with Gasteiger partial charge in [-0.3, -0.25) is 9.63 Å². The third-order valence-electron chi connectivity index (χ3n) is 2.74. The Labute approximate surface area is 115 Å². The molecule has 0 bridgehead atoms. The number of nitrogens with zero attached hydrogens (tertiary/aromatic N) is 1. The number of benzene rings is 1. The summed E-state index contributed by atoms with van der Waals surface area (Å²) in [6.45, 7) is 8.70. The second-order valence-corrected chi connectivity index (χ2v) is 4.94. The van der Waals surface area contributed by atoms with E-state index < -0.39 is 0 Å². The summed E-state index contributed by atoms with van der Waals surface area (Å²) in [6.07, 6.45) is 3.07. The second kappa shape index (κ2) is 8.48. The first kappa shape index (κ1) is 15.4. The van der Waals surface area contributed by atoms with E-state index in [1.165, 1.54) is 5.06 Å². The van der Waals surface area contributed by atoms with E-state index >= 15 is 0 Å². The molecule has 104 valence electrons. The molecule has 0 saturated heterocycles. The van der Waals surface area contributed by atoms with Crippen LogP contribution in [0.2, 0.25) is 0 Å². The molecule has 0 saturated carbocycles. The van der Waals surface area contributed by atoms with Crippen LogP contribution in [0.1, 0.15) is 32.3 Å². The minimum absolute atomic E-state index is 0.0181. The highest BCUT2D eigenvalue weighted by Crippen LogP contribution is 2.09. The minimum atomic E-state index is 0.0181. The molecule has 3 nitrogen and oxygen atoms in total. The van der Waals surface area contributed by atoms with Gasteiger partial charge in [0.15, 0.2) is 0 Å². The number of carbonyl (C=O) groups excluding carboxylic acids is 1. The molecule has 1 aromatic carbocycles. The Kier molecular flexibility index (Phi) is 6.90. The van der Waals surface area contributed by atoms with Crippen LogP contribution in [0.3, 0.4) is 0 Å². The van der Waals surface area contributed by atoms with E-state index in [9.17, 15) is 4.79 Å². The fourth-order valence-electron chi connectivity index (χ4n) is 1.61. The highest BCUT2D eigenvalue weighted by atomic mass is 16.7. The standard InChI is InChI=1S/C16H23NO2/c1-4-12-17(16(18)11-10-14(2)3)19-13-15-8-6-5-7-9-15/h4-9,14H,1,10-13H2,2-3H3. The Bertz CT molecular complexity index is 387. The van der Waals surface area contributed by atoms with Gasteiger partial charge in [-0.15, -0.1) is 6.58 Å². The first-order valence-corrected chi connectivity index (χ1v) is 6.71. The number of hydroxylamine groups is 2. The number of carbonyl (C=O) groups is 1. The van der Waals surface area contributed by atoms with Crippen LogP contribution < -0.4 is 0 Å². The van der Waals surface area contributed by atoms with Gasteiger partial charge in [0.25, 0.3) is 0 Å². The normalized spacial score (nSPS) is 10.5. The van der Waals surface area contributed by atoms with Crippen LogP contribution in [0.4, 0.5) is 0 Å². The molecule has 0 heterocycles. The molecule has 0 aliphatic heterocycles. The molecule has 1 rings (SSSR count). The predicted octanol–water partition coefficient (Wildman–Crippen LogP) is 3.57. The maximum Gasteiger partial charge on any atom is 0.246 e. The Morgan fingerprint density at radius 2 is 2.05 bits per heavy atom. The van der Waals surface area contributed by atoms with Crippen molar-refractivity contribution in [2.24, 2.45) is 5.92 Å². The van der Waals surface area contributed by atoms with Crippen molar-refractivity contribution in [1.29, 1.82) is 0 Å². The lowest BCUT2D eigenvalue weighted by molar-refractivity contribution is -0.188. The van der Waals surface area contributed by atoms with Crippen molar-refractivity contribution in [1.82, 2.24) is 5.06 Å². The van der Waals surface area contributed by atoms with E-state index in [0.29, 0.717) is 25.5 Å². The molecule has 0 aliphatic rings. The van der Waals surface area contributed by atoms with Crippen LogP contribution in [0.15, 0.2) is 43.0 Å². The van der Waals surface area contributed by atoms with Crippen molar-refractivity contribution in [3.8, 4) is 0 Å². The van der Waals surface area contributed by atoms with E-state index in [0.717, 1.165) is 12.0 Å². The third kappa shape index (κ3) is 6.20. The Morgan fingerprint density at radius 1 is 1.37 bits per heavy atom. The van der Waals surface area contributed by atoms with Crippen LogP contribution in [0.25, 0.3) is 0 Å². The molecule has 1 aromatic rings. The average molecular weight is 261 g/mol. The molecule has 0 unspecified atom stereocenters. The summed E-state index contributed by atoms with van der Waals surface area (Å²) < 4.78 is 0. The van der Waals surface area contributed by atoms with Gasteiger partial charge in [-0.1, -0.05) is 50.3 Å². The summed E-state index contributed by atoms with van der Waals surface area (Å²) in [5, 5.41) is 1.41. The molecule has 0 aromatic heterocycles. The van der Waals surface area contributed by atoms with Crippen LogP contribution in [-0.2, 0) is 16.2 Å². The molecule has 0 atom stereocenters. The Hall–Kier alpha value is -1.61. The van der Waals surface area contributed by atoms with E-state index in [2.05, 4.69) is 20.4 Å². The third-order valence-corrected chi connectivity index (χ3v) is 2.74. The highest BCUT2D eigenvalue weighted by Gasteiger charge is 2.13. The molecule has 0 fully saturated rings. The molecular formula is C16H23NO2. The summed E-state index contributed by atoms with van der Waals surface area (Å²) in [6, 6.07) is 9.82. The Balaban J connectivity index is 2.47. The van der Waals surface area contributed by atoms with Crippen LogP contribution in [0.5, 0.6) is 0 Å². The lowest BCUT2D eigenvalue weighted by Crippen LogP contribution is -2.31. The van der Waals surface area contributed by atoms with Gasteiger partial charge in [0.2, 0.25) is 5.91 Å². The monoisotopic (exact) mass is 261 g/mol. The largest absolute Gasteiger partial charge is 0.273 e. The van der Waals surface area contributed by atoms with Crippen molar-refractivity contribution < 1.29 is 9.63 Å². The molecule has 1 amide bonds. The number of hydrogen-bond acceptors (Lipinski definition) is 2. The minimum Gasteiger partial charge on any atom is -0.273 e. The van der Waals surface area contributed by atoms with E-state index in [1.54, 1.807) is 6.08 Å². The maximum atomic E-state index is 12.0. The molecular weight excluding hydrogens is 238 g/mol. The number of amides is 1. The molecule has 3 heteroatoms. The molecule has 19 heavy (non-hydrogen) atoms. The second-order valence-electron chi connectivity index (χ2n) is 4.94. The zero-order chi connectivity index (χ0) is 14.1. The fourth-order valence-corrected chi connectivity index (χ4v) is 1.61. The highest BCUT2D eigenvalue weighted by molar-refractivity contribution is 5.75.